The van der Waals surface area contributed by atoms with Crippen molar-refractivity contribution in [2.24, 2.45) is 5.92 Å². The van der Waals surface area contributed by atoms with Gasteiger partial charge in [-0.2, -0.15) is 26.3 Å². The number of hydrogen-bond donors (Lipinski definition) is 2. The number of hydrogen-bond acceptors (Lipinski definition) is 4. The number of aromatic nitrogens is 2. The molecule has 1 saturated carbocycles. The molecule has 3 heterocycles. The standard InChI is InChI=1S/C20H23F6N5O/c21-19(22,23)9-27-7-12-1-3-13(4-2-12)31-11-30(10-20(24,25)26)18(32)15-8-29-17-14(16(15)31)5-6-28-17/h5-6,8,12-13,27H,1-4,7,9-11H2,(H,28,29). The van der Waals surface area contributed by atoms with Crippen LogP contribution in [0.25, 0.3) is 11.0 Å². The van der Waals surface area contributed by atoms with E-state index in [0.717, 1.165) is 4.90 Å². The van der Waals surface area contributed by atoms with E-state index in [0.29, 0.717) is 42.4 Å². The molecule has 4 rings (SSSR count). The van der Waals surface area contributed by atoms with Crippen LogP contribution >= 0.6 is 0 Å². The Labute approximate surface area is 179 Å². The molecule has 1 aliphatic heterocycles. The van der Waals surface area contributed by atoms with Crippen molar-refractivity contribution in [2.75, 3.05) is 31.2 Å². The van der Waals surface area contributed by atoms with Crippen molar-refractivity contribution in [1.29, 1.82) is 0 Å². The second-order valence-electron chi connectivity index (χ2n) is 8.41. The van der Waals surface area contributed by atoms with E-state index in [4.69, 9.17) is 0 Å². The predicted molar refractivity (Wildman–Crippen MR) is 105 cm³/mol. The molecule has 0 saturated heterocycles. The minimum absolute atomic E-state index is 0.0653. The maximum atomic E-state index is 13.1. The van der Waals surface area contributed by atoms with E-state index in [1.807, 2.05) is 4.90 Å². The lowest BCUT2D eigenvalue weighted by Gasteiger charge is -2.45. The minimum atomic E-state index is -4.54. The fourth-order valence-electron chi connectivity index (χ4n) is 4.66. The van der Waals surface area contributed by atoms with Gasteiger partial charge in [-0.1, -0.05) is 0 Å². The number of alkyl halides is 6. The molecule has 2 N–H and O–H groups in total. The quantitative estimate of drug-likeness (QED) is 0.657. The summed E-state index contributed by atoms with van der Waals surface area (Å²) in [5.41, 5.74) is 1.23. The maximum absolute atomic E-state index is 13.1. The Bertz CT molecular complexity index is 964. The highest BCUT2D eigenvalue weighted by atomic mass is 19.4. The van der Waals surface area contributed by atoms with Crippen LogP contribution in [0.5, 0.6) is 0 Å². The van der Waals surface area contributed by atoms with Crippen LogP contribution in [0.3, 0.4) is 0 Å². The van der Waals surface area contributed by atoms with Crippen molar-refractivity contribution >= 4 is 22.6 Å². The normalized spacial score (nSPS) is 22.5. The number of anilines is 1. The number of nitrogens with zero attached hydrogens (tertiary/aromatic N) is 3. The Morgan fingerprint density at radius 2 is 1.81 bits per heavy atom. The molecule has 0 radical (unpaired) electrons. The summed E-state index contributed by atoms with van der Waals surface area (Å²) in [5.74, 6) is -0.648. The van der Waals surface area contributed by atoms with Crippen LogP contribution in [-0.4, -0.2) is 65.5 Å². The van der Waals surface area contributed by atoms with Gasteiger partial charge in [0.05, 0.1) is 24.5 Å². The number of pyridine rings is 1. The van der Waals surface area contributed by atoms with Crippen LogP contribution in [-0.2, 0) is 0 Å². The van der Waals surface area contributed by atoms with E-state index in [1.165, 1.54) is 6.20 Å². The zero-order chi connectivity index (χ0) is 23.1. The lowest BCUT2D eigenvalue weighted by atomic mass is 9.84. The molecule has 6 nitrogen and oxygen atoms in total. The van der Waals surface area contributed by atoms with Gasteiger partial charge in [0.15, 0.2) is 0 Å². The number of carbonyl (C=O) groups excluding carboxylic acids is 1. The predicted octanol–water partition coefficient (Wildman–Crippen LogP) is 4.06. The first-order valence-corrected chi connectivity index (χ1v) is 10.4. The lowest BCUT2D eigenvalue weighted by molar-refractivity contribution is -0.141. The van der Waals surface area contributed by atoms with Gasteiger partial charge in [0, 0.05) is 23.8 Å². The van der Waals surface area contributed by atoms with Crippen molar-refractivity contribution in [2.45, 2.75) is 44.1 Å². The smallest absolute Gasteiger partial charge is 0.349 e. The van der Waals surface area contributed by atoms with Crippen LogP contribution in [0.15, 0.2) is 18.5 Å². The summed E-state index contributed by atoms with van der Waals surface area (Å²) in [6, 6.07) is 1.62. The van der Waals surface area contributed by atoms with Crippen molar-refractivity contribution in [3.8, 4) is 0 Å². The van der Waals surface area contributed by atoms with Gasteiger partial charge in [0.2, 0.25) is 0 Å². The second-order valence-corrected chi connectivity index (χ2v) is 8.41. The third kappa shape index (κ3) is 4.94. The number of amides is 1. The van der Waals surface area contributed by atoms with Gasteiger partial charge in [-0.25, -0.2) is 4.98 Å². The van der Waals surface area contributed by atoms with Gasteiger partial charge in [-0.05, 0) is 44.2 Å². The molecule has 0 unspecified atom stereocenters. The average molecular weight is 463 g/mol. The van der Waals surface area contributed by atoms with Crippen LogP contribution in [0, 0.1) is 5.92 Å². The fourth-order valence-corrected chi connectivity index (χ4v) is 4.66. The minimum Gasteiger partial charge on any atom is -0.349 e. The largest absolute Gasteiger partial charge is 0.406 e. The number of rotatable bonds is 5. The molecule has 176 valence electrons. The van der Waals surface area contributed by atoms with E-state index in [-0.39, 0.29) is 30.7 Å². The summed E-state index contributed by atoms with van der Waals surface area (Å²) in [6.07, 6.45) is -3.32. The highest BCUT2D eigenvalue weighted by molar-refractivity contribution is 6.08. The number of fused-ring (bicyclic) bond motifs is 3. The van der Waals surface area contributed by atoms with Crippen molar-refractivity contribution < 1.29 is 31.1 Å². The summed E-state index contributed by atoms with van der Waals surface area (Å²) in [4.78, 5) is 22.5. The molecular formula is C20H23F6N5O. The first-order chi connectivity index (χ1) is 15.0. The molecule has 0 spiro atoms. The molecule has 0 bridgehead atoms. The third-order valence-electron chi connectivity index (χ3n) is 6.07. The average Bonchev–Trinajstić information content (AvgIpc) is 3.17. The topological polar surface area (TPSA) is 64.3 Å². The first kappa shape index (κ1) is 22.7. The highest BCUT2D eigenvalue weighted by Gasteiger charge is 2.41. The molecule has 0 atom stereocenters. The molecule has 1 fully saturated rings. The van der Waals surface area contributed by atoms with Crippen LogP contribution in [0.4, 0.5) is 32.0 Å². The monoisotopic (exact) mass is 463 g/mol. The first-order valence-electron chi connectivity index (χ1n) is 10.4. The Kier molecular flexibility index (Phi) is 5.99. The Balaban J connectivity index is 1.53. The van der Waals surface area contributed by atoms with E-state index < -0.39 is 31.3 Å². The van der Waals surface area contributed by atoms with Gasteiger partial charge in [0.25, 0.3) is 5.91 Å². The van der Waals surface area contributed by atoms with E-state index >= 15 is 0 Å². The third-order valence-corrected chi connectivity index (χ3v) is 6.07. The van der Waals surface area contributed by atoms with Crippen LogP contribution < -0.4 is 10.2 Å². The Morgan fingerprint density at radius 3 is 2.47 bits per heavy atom. The van der Waals surface area contributed by atoms with Crippen LogP contribution in [0.2, 0.25) is 0 Å². The summed E-state index contributed by atoms with van der Waals surface area (Å²) >= 11 is 0. The molecule has 2 aromatic heterocycles. The lowest BCUT2D eigenvalue weighted by Crippen LogP contribution is -2.54. The van der Waals surface area contributed by atoms with Gasteiger partial charge < -0.3 is 20.1 Å². The molecule has 1 aliphatic carbocycles. The molecule has 1 amide bonds. The molecule has 2 aromatic rings. The highest BCUT2D eigenvalue weighted by Crippen LogP contribution is 2.39. The Hall–Kier alpha value is -2.50. The summed E-state index contributed by atoms with van der Waals surface area (Å²) < 4.78 is 76.3. The molecule has 2 aliphatic rings. The van der Waals surface area contributed by atoms with Crippen molar-refractivity contribution in [1.82, 2.24) is 20.2 Å². The Morgan fingerprint density at radius 1 is 1.09 bits per heavy atom. The van der Waals surface area contributed by atoms with E-state index in [9.17, 15) is 31.1 Å². The van der Waals surface area contributed by atoms with Gasteiger partial charge in [-0.3, -0.25) is 4.79 Å². The van der Waals surface area contributed by atoms with Gasteiger partial charge in [-0.15, -0.1) is 0 Å². The van der Waals surface area contributed by atoms with Gasteiger partial charge >= 0.3 is 12.4 Å². The molecular weight excluding hydrogens is 440 g/mol. The summed E-state index contributed by atoms with van der Waals surface area (Å²) in [6.45, 7) is -2.35. The number of nitrogens with one attached hydrogen (secondary N) is 2. The number of H-pyrrole nitrogens is 1. The van der Waals surface area contributed by atoms with Crippen LogP contribution in [0.1, 0.15) is 36.0 Å². The van der Waals surface area contributed by atoms with Crippen molar-refractivity contribution in [3.63, 3.8) is 0 Å². The number of halogens is 6. The van der Waals surface area contributed by atoms with E-state index in [1.54, 1.807) is 12.3 Å². The number of aromatic amines is 1. The molecule has 12 heteroatoms. The number of carbonyl (C=O) groups is 1. The van der Waals surface area contributed by atoms with E-state index in [2.05, 4.69) is 15.3 Å². The maximum Gasteiger partial charge on any atom is 0.406 e. The summed E-state index contributed by atoms with van der Waals surface area (Å²) in [5, 5.41) is 3.10. The summed E-state index contributed by atoms with van der Waals surface area (Å²) in [7, 11) is 0. The molecule has 0 aromatic carbocycles. The zero-order valence-corrected chi connectivity index (χ0v) is 17.1. The molecule has 32 heavy (non-hydrogen) atoms. The SMILES string of the molecule is O=C1c2cnc3[nH]ccc3c2N(C2CCC(CNCC(F)(F)F)CC2)CN1CC(F)(F)F. The van der Waals surface area contributed by atoms with Gasteiger partial charge in [0.1, 0.15) is 12.2 Å². The zero-order valence-electron chi connectivity index (χ0n) is 17.1. The second kappa shape index (κ2) is 8.45. The van der Waals surface area contributed by atoms with Crippen molar-refractivity contribution in [3.05, 3.63) is 24.0 Å². The fraction of sp³-hybridized carbons (Fsp3) is 0.600.